The number of nitrogens with zero attached hydrogens (tertiary/aromatic N) is 5. The summed E-state index contributed by atoms with van der Waals surface area (Å²) >= 11 is 0. The van der Waals surface area contributed by atoms with Crippen LogP contribution < -0.4 is 9.64 Å². The van der Waals surface area contributed by atoms with Crippen LogP contribution in [0.4, 0.5) is 14.5 Å². The van der Waals surface area contributed by atoms with Crippen molar-refractivity contribution in [3.8, 4) is 5.75 Å². The minimum atomic E-state index is -3.20. The van der Waals surface area contributed by atoms with E-state index in [4.69, 9.17) is 9.47 Å². The lowest BCUT2D eigenvalue weighted by Gasteiger charge is -2.36. The van der Waals surface area contributed by atoms with Gasteiger partial charge in [0.2, 0.25) is 0 Å². The highest BCUT2D eigenvalue weighted by Gasteiger charge is 2.40. The minimum absolute atomic E-state index is 0.129. The molecule has 2 aromatic carbocycles. The fourth-order valence-electron chi connectivity index (χ4n) is 7.70. The molecule has 2 N–H and O–H groups in total. The number of unbranched alkanes of at least 4 members (excludes halogenated alkanes) is 1. The molecule has 3 aromatic rings. The number of anilines is 1. The van der Waals surface area contributed by atoms with Gasteiger partial charge in [-0.3, -0.25) is 9.69 Å². The van der Waals surface area contributed by atoms with Crippen LogP contribution in [0.1, 0.15) is 76.0 Å². The van der Waals surface area contributed by atoms with Gasteiger partial charge in [0.1, 0.15) is 17.4 Å². The second-order valence-electron chi connectivity index (χ2n) is 15.5. The van der Waals surface area contributed by atoms with Gasteiger partial charge in [-0.2, -0.15) is 8.78 Å². The van der Waals surface area contributed by atoms with Crippen LogP contribution in [0, 0.1) is 18.8 Å². The van der Waals surface area contributed by atoms with Gasteiger partial charge in [-0.25, -0.2) is 0 Å². The molecule has 306 valence electrons. The third-order valence-electron chi connectivity index (χ3n) is 10.8. The Labute approximate surface area is 331 Å². The van der Waals surface area contributed by atoms with Gasteiger partial charge in [0, 0.05) is 76.6 Å². The first kappa shape index (κ1) is 43.0. The highest BCUT2D eigenvalue weighted by Crippen LogP contribution is 2.37. The molecule has 1 saturated heterocycles. The molecule has 12 heteroatoms. The Kier molecular flexibility index (Phi) is 16.4. The molecular formula is C44H61F2N5O5. The predicted octanol–water partition coefficient (Wildman–Crippen LogP) is 6.97. The molecule has 1 saturated carbocycles. The van der Waals surface area contributed by atoms with Gasteiger partial charge in [0.25, 0.3) is 5.92 Å². The number of hydrogen-bond donors (Lipinski definition) is 2. The topological polar surface area (TPSA) is 113 Å². The monoisotopic (exact) mass is 777 g/mol. The third-order valence-corrected chi connectivity index (χ3v) is 10.8. The molecule has 4 atom stereocenters. The van der Waals surface area contributed by atoms with E-state index >= 15 is 0 Å². The molecule has 3 heterocycles. The van der Waals surface area contributed by atoms with Gasteiger partial charge >= 0.3 is 5.97 Å². The molecule has 56 heavy (non-hydrogen) atoms. The van der Waals surface area contributed by atoms with E-state index in [0.29, 0.717) is 31.4 Å². The number of aromatic nitrogens is 3. The zero-order chi connectivity index (χ0) is 39.9. The van der Waals surface area contributed by atoms with Crippen molar-refractivity contribution in [1.29, 1.82) is 0 Å². The zero-order valence-corrected chi connectivity index (χ0v) is 33.3. The number of allylic oxidation sites excluding steroid dienone is 2. The Bertz CT molecular complexity index is 1690. The summed E-state index contributed by atoms with van der Waals surface area (Å²) in [5.74, 6) is -1.62. The average molecular weight is 778 g/mol. The number of fused-ring (bicyclic) bond motifs is 1. The number of carbonyl (C=O) groups is 1. The number of aliphatic hydroxyl groups is 2. The number of para-hydroxylation sites is 2. The maximum Gasteiger partial charge on any atom is 0.306 e. The summed E-state index contributed by atoms with van der Waals surface area (Å²) in [4.78, 5) is 16.6. The Balaban J connectivity index is 0.000000222. The van der Waals surface area contributed by atoms with Gasteiger partial charge in [-0.1, -0.05) is 54.6 Å². The van der Waals surface area contributed by atoms with E-state index in [1.54, 1.807) is 44.2 Å². The minimum Gasteiger partial charge on any atom is -0.487 e. The van der Waals surface area contributed by atoms with Crippen LogP contribution in [-0.2, 0) is 28.9 Å². The summed E-state index contributed by atoms with van der Waals surface area (Å²) in [6, 6.07) is 17.1. The normalized spacial score (nSPS) is 21.7. The van der Waals surface area contributed by atoms with Crippen molar-refractivity contribution in [3.05, 3.63) is 96.1 Å². The third kappa shape index (κ3) is 13.2. The van der Waals surface area contributed by atoms with Crippen molar-refractivity contribution in [2.45, 2.75) is 109 Å². The lowest BCUT2D eigenvalue weighted by molar-refractivity contribution is -0.147. The quantitative estimate of drug-likeness (QED) is 0.0905. The largest absolute Gasteiger partial charge is 0.487 e. The van der Waals surface area contributed by atoms with Crippen LogP contribution in [0.25, 0.3) is 0 Å². The summed E-state index contributed by atoms with van der Waals surface area (Å²) in [6.07, 6.45) is 11.0. The van der Waals surface area contributed by atoms with E-state index in [-0.39, 0.29) is 24.4 Å². The second-order valence-corrected chi connectivity index (χ2v) is 15.5. The second kappa shape index (κ2) is 21.4. The van der Waals surface area contributed by atoms with Crippen molar-refractivity contribution >= 4 is 11.7 Å². The molecule has 3 aliphatic rings. The predicted molar refractivity (Wildman–Crippen MR) is 215 cm³/mol. The first-order chi connectivity index (χ1) is 27.0. The van der Waals surface area contributed by atoms with Crippen LogP contribution in [0.2, 0.25) is 0 Å². The van der Waals surface area contributed by atoms with E-state index in [0.717, 1.165) is 58.2 Å². The van der Waals surface area contributed by atoms with Crippen molar-refractivity contribution < 1.29 is 33.3 Å². The lowest BCUT2D eigenvalue weighted by atomic mass is 9.89. The first-order valence-electron chi connectivity index (χ1n) is 20.4. The maximum absolute atomic E-state index is 14.2. The average Bonchev–Trinajstić information content (AvgIpc) is 3.72. The lowest BCUT2D eigenvalue weighted by Crippen LogP contribution is -2.47. The van der Waals surface area contributed by atoms with Crippen molar-refractivity contribution in [3.63, 3.8) is 0 Å². The van der Waals surface area contributed by atoms with E-state index < -0.39 is 30.7 Å². The summed E-state index contributed by atoms with van der Waals surface area (Å²) in [6.45, 7) is 11.7. The molecule has 2 fully saturated rings. The fourth-order valence-corrected chi connectivity index (χ4v) is 7.70. The number of benzene rings is 2. The van der Waals surface area contributed by atoms with E-state index in [1.165, 1.54) is 41.8 Å². The molecule has 6 rings (SSSR count). The number of piperazine rings is 1. The Morgan fingerprint density at radius 2 is 1.71 bits per heavy atom. The van der Waals surface area contributed by atoms with Crippen molar-refractivity contribution in [2.24, 2.45) is 11.8 Å². The highest BCUT2D eigenvalue weighted by molar-refractivity contribution is 5.69. The number of aryl methyl sites for hydroxylation is 2. The Morgan fingerprint density at radius 3 is 2.46 bits per heavy atom. The number of esters is 1. The number of halogens is 2. The molecule has 0 radical (unpaired) electrons. The molecular weight excluding hydrogens is 717 g/mol. The van der Waals surface area contributed by atoms with Gasteiger partial charge < -0.3 is 29.2 Å². The van der Waals surface area contributed by atoms with Gasteiger partial charge in [-0.15, -0.1) is 10.2 Å². The van der Waals surface area contributed by atoms with Gasteiger partial charge in [0.15, 0.2) is 6.61 Å². The standard InChI is InChI=1S/C25H34F2O5.C19H27N5/c1-18(2)32-24(30)13-9-4-3-8-12-20-21(23(29)16-22(20)28)14-15-25(26,27)17-31-19-10-6-5-7-11-19;1-16-6-2-3-7-17(16)23-14-12-22(13-15-23)11-9-19-21-20-18-8-4-5-10-24(18)19/h3,5-8,10-11,14-15,18,20-23,28-29H,4,9,12-13,16-17H2,1-2H3;2-3,6-7H,4-5,8-15H2,1H3/b8-3-,15-14+;/t20-,21-,22+,23-;/m1./s1. The fraction of sp³-hybridized carbons (Fsp3) is 0.568. The highest BCUT2D eigenvalue weighted by atomic mass is 19.3. The Morgan fingerprint density at radius 1 is 0.964 bits per heavy atom. The summed E-state index contributed by atoms with van der Waals surface area (Å²) in [5.41, 5.74) is 2.77. The van der Waals surface area contributed by atoms with E-state index in [9.17, 15) is 23.8 Å². The number of ether oxygens (including phenoxy) is 2. The Hall–Kier alpha value is -4.13. The van der Waals surface area contributed by atoms with Crippen molar-refractivity contribution in [2.75, 3.05) is 44.2 Å². The SMILES string of the molecule is CC(C)OC(=O)CCC/C=C\C[C@@H]1[C@@H](/C=C/C(F)(F)COc2ccccc2)[C@H](O)C[C@@H]1O.Cc1ccccc1N1CCN(CCc2nnc3n2CCCC3)CC1. The first-order valence-corrected chi connectivity index (χ1v) is 20.4. The smallest absolute Gasteiger partial charge is 0.306 e. The molecule has 0 amide bonds. The van der Waals surface area contributed by atoms with Crippen LogP contribution in [-0.4, -0.2) is 99.4 Å². The van der Waals surface area contributed by atoms with Gasteiger partial charge in [0.05, 0.1) is 18.3 Å². The number of hydrogen-bond acceptors (Lipinski definition) is 9. The number of aliphatic hydroxyl groups excluding tert-OH is 2. The van der Waals surface area contributed by atoms with Crippen LogP contribution in [0.15, 0.2) is 78.9 Å². The van der Waals surface area contributed by atoms with Crippen LogP contribution >= 0.6 is 0 Å². The number of alkyl halides is 2. The molecule has 10 nitrogen and oxygen atoms in total. The number of carbonyl (C=O) groups excluding carboxylic acids is 1. The zero-order valence-electron chi connectivity index (χ0n) is 33.3. The maximum atomic E-state index is 14.2. The molecule has 2 aliphatic heterocycles. The van der Waals surface area contributed by atoms with E-state index in [2.05, 4.69) is 55.8 Å². The van der Waals surface area contributed by atoms with Crippen LogP contribution in [0.5, 0.6) is 5.75 Å². The molecule has 1 aliphatic carbocycles. The summed E-state index contributed by atoms with van der Waals surface area (Å²) < 4.78 is 41.1. The number of rotatable bonds is 16. The van der Waals surface area contributed by atoms with Gasteiger partial charge in [-0.05, 0) is 88.6 Å². The summed E-state index contributed by atoms with van der Waals surface area (Å²) in [7, 11) is 0. The van der Waals surface area contributed by atoms with Crippen LogP contribution in [0.3, 0.4) is 0 Å². The molecule has 0 spiro atoms. The summed E-state index contributed by atoms with van der Waals surface area (Å²) in [5, 5.41) is 29.3. The molecule has 0 bridgehead atoms. The molecule has 1 aromatic heterocycles. The molecule has 0 unspecified atom stereocenters. The van der Waals surface area contributed by atoms with E-state index in [1.807, 2.05) is 12.2 Å². The van der Waals surface area contributed by atoms with Crippen molar-refractivity contribution in [1.82, 2.24) is 19.7 Å².